The highest BCUT2D eigenvalue weighted by molar-refractivity contribution is 5.77. The number of hydrogen-bond donors (Lipinski definition) is 0. The fraction of sp³-hybridized carbons (Fsp3) is 0.765. The van der Waals surface area contributed by atoms with Crippen LogP contribution in [-0.2, 0) is 9.53 Å². The van der Waals surface area contributed by atoms with Gasteiger partial charge in [0.25, 0.3) is 0 Å². The molecular weight excluding hydrogens is 250 g/mol. The number of ether oxygens (including phenoxy) is 1. The average molecular weight is 281 g/mol. The van der Waals surface area contributed by atoms with Gasteiger partial charge < -0.3 is 4.74 Å². The first kappa shape index (κ1) is 18.9. The number of methoxy groups -OCH3 is 1. The Morgan fingerprint density at radius 2 is 1.90 bits per heavy atom. The summed E-state index contributed by atoms with van der Waals surface area (Å²) in [4.78, 5) is 16.0. The van der Waals surface area contributed by atoms with Crippen molar-refractivity contribution in [2.45, 2.75) is 66.3 Å². The van der Waals surface area contributed by atoms with Gasteiger partial charge in [-0.2, -0.15) is 0 Å². The molecule has 0 heterocycles. The fourth-order valence-corrected chi connectivity index (χ4v) is 1.94. The van der Waals surface area contributed by atoms with Crippen molar-refractivity contribution in [3.63, 3.8) is 0 Å². The van der Waals surface area contributed by atoms with Crippen LogP contribution in [0.1, 0.15) is 60.3 Å². The maximum Gasteiger partial charge on any atom is 0.330 e. The number of carbonyl (C=O) groups is 1. The quantitative estimate of drug-likeness (QED) is 0.356. The summed E-state index contributed by atoms with van der Waals surface area (Å²) in [5.74, 6) is 0.796. The minimum atomic E-state index is -0.343. The SMILES string of the molecule is COC(=O)[C@H](CC(C)C)N=CCC(C)CCC=C(C)C. The van der Waals surface area contributed by atoms with Crippen molar-refractivity contribution in [2.75, 3.05) is 7.11 Å². The molecule has 0 aliphatic heterocycles. The topological polar surface area (TPSA) is 38.7 Å². The van der Waals surface area contributed by atoms with Crippen molar-refractivity contribution in [3.8, 4) is 0 Å². The first-order valence-electron chi connectivity index (χ1n) is 7.59. The van der Waals surface area contributed by atoms with Crippen LogP contribution in [0.5, 0.6) is 0 Å². The molecule has 0 saturated heterocycles. The molecule has 1 unspecified atom stereocenters. The molecule has 3 heteroatoms. The van der Waals surface area contributed by atoms with Gasteiger partial charge >= 0.3 is 5.97 Å². The monoisotopic (exact) mass is 281 g/mol. The summed E-state index contributed by atoms with van der Waals surface area (Å²) in [5.41, 5.74) is 1.37. The number of rotatable bonds is 9. The van der Waals surface area contributed by atoms with Crippen molar-refractivity contribution in [3.05, 3.63) is 11.6 Å². The number of hydrogen-bond acceptors (Lipinski definition) is 3. The van der Waals surface area contributed by atoms with Crippen LogP contribution in [-0.4, -0.2) is 25.3 Å². The molecule has 20 heavy (non-hydrogen) atoms. The van der Waals surface area contributed by atoms with Crippen molar-refractivity contribution < 1.29 is 9.53 Å². The van der Waals surface area contributed by atoms with Crippen LogP contribution in [0.15, 0.2) is 16.6 Å². The van der Waals surface area contributed by atoms with Gasteiger partial charge in [-0.15, -0.1) is 0 Å². The van der Waals surface area contributed by atoms with E-state index in [1.807, 2.05) is 6.21 Å². The molecule has 0 fully saturated rings. The Bertz CT molecular complexity index is 328. The minimum absolute atomic E-state index is 0.229. The van der Waals surface area contributed by atoms with E-state index < -0.39 is 0 Å². The smallest absolute Gasteiger partial charge is 0.330 e. The van der Waals surface area contributed by atoms with Crippen LogP contribution in [0.4, 0.5) is 0 Å². The number of nitrogens with zero attached hydrogens (tertiary/aromatic N) is 1. The summed E-state index contributed by atoms with van der Waals surface area (Å²) < 4.78 is 4.80. The molecule has 0 saturated carbocycles. The highest BCUT2D eigenvalue weighted by atomic mass is 16.5. The summed E-state index contributed by atoms with van der Waals surface area (Å²) in [6, 6.07) is -0.343. The normalized spacial score (nSPS) is 14.3. The first-order valence-corrected chi connectivity index (χ1v) is 7.59. The van der Waals surface area contributed by atoms with E-state index in [1.54, 1.807) is 0 Å². The molecule has 0 radical (unpaired) electrons. The standard InChI is InChI=1S/C17H31NO2/c1-13(2)8-7-9-15(5)10-11-18-16(12-14(3)4)17(19)20-6/h8,11,14-16H,7,9-10,12H2,1-6H3/t15?,16-/m0/s1. The van der Waals surface area contributed by atoms with Gasteiger partial charge in [-0.3, -0.25) is 4.99 Å². The van der Waals surface area contributed by atoms with E-state index in [0.29, 0.717) is 11.8 Å². The van der Waals surface area contributed by atoms with E-state index in [4.69, 9.17) is 4.74 Å². The van der Waals surface area contributed by atoms with Gasteiger partial charge in [-0.1, -0.05) is 32.4 Å². The average Bonchev–Trinajstić information content (AvgIpc) is 2.35. The third kappa shape index (κ3) is 9.76. The van der Waals surface area contributed by atoms with Gasteiger partial charge in [0.15, 0.2) is 0 Å². The minimum Gasteiger partial charge on any atom is -0.467 e. The van der Waals surface area contributed by atoms with Gasteiger partial charge in [0, 0.05) is 0 Å². The lowest BCUT2D eigenvalue weighted by Crippen LogP contribution is -2.22. The summed E-state index contributed by atoms with van der Waals surface area (Å²) >= 11 is 0. The molecule has 0 aromatic heterocycles. The van der Waals surface area contributed by atoms with Gasteiger partial charge in [0.05, 0.1) is 7.11 Å². The summed E-state index contributed by atoms with van der Waals surface area (Å²) in [7, 11) is 1.42. The summed E-state index contributed by atoms with van der Waals surface area (Å²) in [6.45, 7) is 10.7. The number of aliphatic imine (C=N–C) groups is 1. The largest absolute Gasteiger partial charge is 0.467 e. The van der Waals surface area contributed by atoms with Crippen LogP contribution < -0.4 is 0 Å². The Hall–Kier alpha value is -1.12. The van der Waals surface area contributed by atoms with E-state index in [-0.39, 0.29) is 12.0 Å². The Morgan fingerprint density at radius 3 is 2.40 bits per heavy atom. The van der Waals surface area contributed by atoms with E-state index in [1.165, 1.54) is 12.7 Å². The predicted octanol–water partition coefficient (Wildman–Crippen LogP) is 4.42. The van der Waals surface area contributed by atoms with Gasteiger partial charge in [-0.25, -0.2) is 4.79 Å². The predicted molar refractivity (Wildman–Crippen MR) is 86.2 cm³/mol. The fourth-order valence-electron chi connectivity index (χ4n) is 1.94. The highest BCUT2D eigenvalue weighted by Crippen LogP contribution is 2.13. The van der Waals surface area contributed by atoms with Crippen LogP contribution in [0.25, 0.3) is 0 Å². The van der Waals surface area contributed by atoms with Gasteiger partial charge in [0.1, 0.15) is 6.04 Å². The van der Waals surface area contributed by atoms with E-state index in [2.05, 4.69) is 45.7 Å². The lowest BCUT2D eigenvalue weighted by Gasteiger charge is -2.13. The highest BCUT2D eigenvalue weighted by Gasteiger charge is 2.18. The molecule has 0 rings (SSSR count). The van der Waals surface area contributed by atoms with E-state index >= 15 is 0 Å². The zero-order valence-electron chi connectivity index (χ0n) is 14.0. The molecule has 0 N–H and O–H groups in total. The van der Waals surface area contributed by atoms with Crippen molar-refractivity contribution in [1.29, 1.82) is 0 Å². The van der Waals surface area contributed by atoms with Crippen molar-refractivity contribution in [1.82, 2.24) is 0 Å². The Kier molecular flexibility index (Phi) is 10.0. The number of carbonyl (C=O) groups excluding carboxylic acids is 1. The van der Waals surface area contributed by atoms with Crippen LogP contribution in [0.2, 0.25) is 0 Å². The first-order chi connectivity index (χ1) is 9.36. The Morgan fingerprint density at radius 1 is 1.25 bits per heavy atom. The third-order valence-electron chi connectivity index (χ3n) is 3.17. The lowest BCUT2D eigenvalue weighted by molar-refractivity contribution is -0.142. The molecular formula is C17H31NO2. The van der Waals surface area contributed by atoms with E-state index in [9.17, 15) is 4.79 Å². The molecule has 0 bridgehead atoms. The molecule has 0 aromatic carbocycles. The molecule has 0 aliphatic carbocycles. The zero-order chi connectivity index (χ0) is 15.5. The molecule has 0 amide bonds. The second-order valence-electron chi connectivity index (χ2n) is 6.20. The molecule has 0 spiro atoms. The molecule has 3 nitrogen and oxygen atoms in total. The lowest BCUT2D eigenvalue weighted by atomic mass is 10.0. The summed E-state index contributed by atoms with van der Waals surface area (Å²) in [6.07, 6.45) is 8.10. The van der Waals surface area contributed by atoms with Crippen LogP contribution >= 0.6 is 0 Å². The third-order valence-corrected chi connectivity index (χ3v) is 3.17. The summed E-state index contributed by atoms with van der Waals surface area (Å²) in [5, 5.41) is 0. The number of allylic oxidation sites excluding steroid dienone is 2. The Labute approximate surface area is 124 Å². The molecule has 116 valence electrons. The second-order valence-corrected chi connectivity index (χ2v) is 6.20. The van der Waals surface area contributed by atoms with Crippen LogP contribution in [0, 0.1) is 11.8 Å². The molecule has 0 aromatic rings. The second kappa shape index (κ2) is 10.6. The Balaban J connectivity index is 4.22. The van der Waals surface area contributed by atoms with Gasteiger partial charge in [-0.05, 0) is 57.6 Å². The number of esters is 1. The van der Waals surface area contributed by atoms with Crippen molar-refractivity contribution >= 4 is 12.2 Å². The zero-order valence-corrected chi connectivity index (χ0v) is 14.0. The van der Waals surface area contributed by atoms with Crippen molar-refractivity contribution in [2.24, 2.45) is 16.8 Å². The van der Waals surface area contributed by atoms with E-state index in [0.717, 1.165) is 25.7 Å². The van der Waals surface area contributed by atoms with Gasteiger partial charge in [0.2, 0.25) is 0 Å². The van der Waals surface area contributed by atoms with Crippen LogP contribution in [0.3, 0.4) is 0 Å². The maximum absolute atomic E-state index is 11.6. The maximum atomic E-state index is 11.6. The molecule has 2 atom stereocenters. The molecule has 0 aliphatic rings.